The van der Waals surface area contributed by atoms with Gasteiger partial charge in [-0.2, -0.15) is 5.06 Å². The first kappa shape index (κ1) is 31.6. The van der Waals surface area contributed by atoms with Crippen molar-refractivity contribution in [3.05, 3.63) is 42.5 Å². The van der Waals surface area contributed by atoms with E-state index in [2.05, 4.69) is 41.1 Å². The molecule has 5 atom stereocenters. The molecule has 1 fully saturated rings. The topological polar surface area (TPSA) is 124 Å². The van der Waals surface area contributed by atoms with Crippen molar-refractivity contribution in [1.29, 1.82) is 0 Å². The summed E-state index contributed by atoms with van der Waals surface area (Å²) in [6.07, 6.45) is -3.18. The molecular formula is C25H39Cl2N3O7. The molecule has 0 bridgehead atoms. The zero-order chi connectivity index (χ0) is 27.2. The van der Waals surface area contributed by atoms with E-state index in [-0.39, 0.29) is 13.2 Å². The monoisotopic (exact) mass is 563 g/mol. The maximum atomic E-state index is 11.7. The molecule has 0 saturated carbocycles. The molecule has 1 amide bonds. The minimum atomic E-state index is -1.48. The Balaban J connectivity index is 1.87. The van der Waals surface area contributed by atoms with E-state index in [0.717, 1.165) is 38.0 Å². The lowest BCUT2D eigenvalue weighted by Gasteiger charge is -2.44. The zero-order valence-corrected chi connectivity index (χ0v) is 22.7. The number of halogens is 2. The van der Waals surface area contributed by atoms with Gasteiger partial charge in [0.25, 0.3) is 0 Å². The van der Waals surface area contributed by atoms with Gasteiger partial charge in [0, 0.05) is 43.6 Å². The number of nitrogens with one attached hydrogen (secondary N) is 1. The van der Waals surface area contributed by atoms with Gasteiger partial charge < -0.3 is 35.0 Å². The van der Waals surface area contributed by atoms with E-state index in [4.69, 9.17) is 37.5 Å². The number of alkyl halides is 2. The first-order valence-corrected chi connectivity index (χ1v) is 13.4. The number of alkyl carbamates (subject to hydrolysis) is 1. The Hall–Kier alpha value is -1.63. The van der Waals surface area contributed by atoms with E-state index in [1.54, 1.807) is 0 Å². The molecule has 10 nitrogen and oxygen atoms in total. The van der Waals surface area contributed by atoms with Crippen LogP contribution < -0.4 is 10.2 Å². The fraction of sp³-hybridized carbons (Fsp3) is 0.640. The summed E-state index contributed by atoms with van der Waals surface area (Å²) in [5, 5.41) is 35.1. The van der Waals surface area contributed by atoms with Gasteiger partial charge in [0.2, 0.25) is 0 Å². The molecule has 210 valence electrons. The third-order valence-electron chi connectivity index (χ3n) is 6.09. The molecule has 0 aromatic heterocycles. The van der Waals surface area contributed by atoms with Crippen molar-refractivity contribution in [2.45, 2.75) is 49.9 Å². The Kier molecular flexibility index (Phi) is 14.6. The third-order valence-corrected chi connectivity index (χ3v) is 6.43. The molecule has 0 aliphatic carbocycles. The first-order chi connectivity index (χ1) is 17.9. The van der Waals surface area contributed by atoms with E-state index >= 15 is 0 Å². The fourth-order valence-corrected chi connectivity index (χ4v) is 4.48. The van der Waals surface area contributed by atoms with Gasteiger partial charge in [-0.3, -0.25) is 4.84 Å². The molecule has 1 aromatic carbocycles. The SMILES string of the molecule is C=CCOC(=O)NC[C@H]1OC(N(CCCCc2ccc(N(CCCl)CCCl)cc2)OC)[C@H](O)[C@@H](O)[C@@H]1O. The number of anilines is 1. The van der Waals surface area contributed by atoms with Crippen LogP contribution in [0.15, 0.2) is 36.9 Å². The van der Waals surface area contributed by atoms with Crippen LogP contribution in [-0.2, 0) is 20.7 Å². The number of hydroxylamine groups is 2. The zero-order valence-electron chi connectivity index (χ0n) is 21.2. The van der Waals surface area contributed by atoms with Gasteiger partial charge in [-0.05, 0) is 37.0 Å². The molecule has 1 aliphatic rings. The molecule has 1 aromatic rings. The molecule has 1 aliphatic heterocycles. The number of ether oxygens (including phenoxy) is 2. The lowest BCUT2D eigenvalue weighted by Crippen LogP contribution is -2.64. The highest BCUT2D eigenvalue weighted by atomic mass is 35.5. The van der Waals surface area contributed by atoms with Gasteiger partial charge in [-0.15, -0.1) is 23.2 Å². The standard InChI is InChI=1S/C25H39Cl2N3O7/c1-3-16-36-25(34)28-17-20-21(31)22(32)23(33)24(37-20)30(35-2)13-5-4-6-18-7-9-19(10-8-18)29(14-11-26)15-12-27/h3,7-10,20-24,31-33H,1,4-6,11-17H2,2H3,(H,28,34)/t20-,21-,22+,23-,24?/m1/s1. The Labute approximate surface area is 228 Å². The van der Waals surface area contributed by atoms with Crippen molar-refractivity contribution in [3.63, 3.8) is 0 Å². The van der Waals surface area contributed by atoms with Crippen molar-refractivity contribution in [2.24, 2.45) is 0 Å². The normalized spacial score (nSPS) is 23.6. The maximum Gasteiger partial charge on any atom is 0.407 e. The quantitative estimate of drug-likeness (QED) is 0.103. The van der Waals surface area contributed by atoms with Crippen LogP contribution in [0.3, 0.4) is 0 Å². The highest BCUT2D eigenvalue weighted by Gasteiger charge is 2.46. The molecule has 1 unspecified atom stereocenters. The van der Waals surface area contributed by atoms with Crippen LogP contribution in [0.1, 0.15) is 18.4 Å². The van der Waals surface area contributed by atoms with Gasteiger partial charge in [-0.25, -0.2) is 4.79 Å². The summed E-state index contributed by atoms with van der Waals surface area (Å²) in [6.45, 7) is 5.25. The van der Waals surface area contributed by atoms with E-state index in [1.807, 2.05) is 0 Å². The molecule has 1 saturated heterocycles. The van der Waals surface area contributed by atoms with Crippen LogP contribution in [0, 0.1) is 0 Å². The van der Waals surface area contributed by atoms with Gasteiger partial charge in [-0.1, -0.05) is 24.8 Å². The summed E-state index contributed by atoms with van der Waals surface area (Å²) in [4.78, 5) is 19.3. The predicted octanol–water partition coefficient (Wildman–Crippen LogP) is 1.88. The highest BCUT2D eigenvalue weighted by molar-refractivity contribution is 6.18. The second-order valence-corrected chi connectivity index (χ2v) is 9.37. The summed E-state index contributed by atoms with van der Waals surface area (Å²) < 4.78 is 10.6. The number of aliphatic hydroxyl groups is 3. The van der Waals surface area contributed by atoms with Crippen molar-refractivity contribution in [1.82, 2.24) is 10.4 Å². The highest BCUT2D eigenvalue weighted by Crippen LogP contribution is 2.24. The number of carbonyl (C=O) groups excluding carboxylic acids is 1. The largest absolute Gasteiger partial charge is 0.445 e. The van der Waals surface area contributed by atoms with E-state index in [0.29, 0.717) is 18.3 Å². The molecule has 4 N–H and O–H groups in total. The van der Waals surface area contributed by atoms with Crippen molar-refractivity contribution < 1.29 is 34.4 Å². The average Bonchev–Trinajstić information content (AvgIpc) is 2.91. The molecule has 37 heavy (non-hydrogen) atoms. The number of amides is 1. The van der Waals surface area contributed by atoms with Gasteiger partial charge in [0.1, 0.15) is 31.0 Å². The smallest absolute Gasteiger partial charge is 0.407 e. The van der Waals surface area contributed by atoms with Crippen LogP contribution in [-0.4, -0.2) is 109 Å². The number of hydrogen-bond acceptors (Lipinski definition) is 9. The summed E-state index contributed by atoms with van der Waals surface area (Å²) in [7, 11) is 1.44. The number of nitrogens with zero attached hydrogens (tertiary/aromatic N) is 2. The van der Waals surface area contributed by atoms with Crippen molar-refractivity contribution in [2.75, 3.05) is 56.6 Å². The third kappa shape index (κ3) is 9.88. The number of rotatable bonds is 16. The maximum absolute atomic E-state index is 11.7. The Bertz CT molecular complexity index is 799. The molecule has 12 heteroatoms. The minimum Gasteiger partial charge on any atom is -0.445 e. The lowest BCUT2D eigenvalue weighted by molar-refractivity contribution is -0.323. The molecule has 1 heterocycles. The lowest BCUT2D eigenvalue weighted by atomic mass is 9.97. The molecule has 0 radical (unpaired) electrons. The van der Waals surface area contributed by atoms with E-state index < -0.39 is 36.7 Å². The van der Waals surface area contributed by atoms with E-state index in [9.17, 15) is 20.1 Å². The minimum absolute atomic E-state index is 0.0337. The van der Waals surface area contributed by atoms with E-state index in [1.165, 1.54) is 23.8 Å². The fourth-order valence-electron chi connectivity index (χ4n) is 4.07. The van der Waals surface area contributed by atoms with Crippen molar-refractivity contribution in [3.8, 4) is 0 Å². The second-order valence-electron chi connectivity index (χ2n) is 8.62. The van der Waals surface area contributed by atoms with Crippen molar-refractivity contribution >= 4 is 35.0 Å². The number of benzene rings is 1. The van der Waals surface area contributed by atoms with Crippen LogP contribution >= 0.6 is 23.2 Å². The number of carbonyl (C=O) groups is 1. The van der Waals surface area contributed by atoms with Crippen LogP contribution in [0.5, 0.6) is 0 Å². The number of unbranched alkanes of at least 4 members (excludes halogenated alkanes) is 1. The summed E-state index contributed by atoms with van der Waals surface area (Å²) >= 11 is 11.8. The second kappa shape index (κ2) is 17.1. The van der Waals surface area contributed by atoms with Gasteiger partial charge in [0.05, 0.1) is 7.11 Å². The Morgan fingerprint density at radius 1 is 1.08 bits per heavy atom. The molecule has 2 rings (SSSR count). The van der Waals surface area contributed by atoms with Crippen LogP contribution in [0.4, 0.5) is 10.5 Å². The number of hydrogen-bond donors (Lipinski definition) is 4. The summed E-state index contributed by atoms with van der Waals surface area (Å²) in [5.41, 5.74) is 2.27. The summed E-state index contributed by atoms with van der Waals surface area (Å²) in [5.74, 6) is 1.06. The molecule has 0 spiro atoms. The van der Waals surface area contributed by atoms with Gasteiger partial charge >= 0.3 is 6.09 Å². The first-order valence-electron chi connectivity index (χ1n) is 12.3. The summed E-state index contributed by atoms with van der Waals surface area (Å²) in [6, 6.07) is 8.30. The Morgan fingerprint density at radius 2 is 1.76 bits per heavy atom. The number of aliphatic hydroxyl groups excluding tert-OH is 3. The van der Waals surface area contributed by atoms with Gasteiger partial charge in [0.15, 0.2) is 6.23 Å². The van der Waals surface area contributed by atoms with Crippen LogP contribution in [0.2, 0.25) is 0 Å². The average molecular weight is 565 g/mol. The van der Waals surface area contributed by atoms with Crippen LogP contribution in [0.25, 0.3) is 0 Å². The predicted molar refractivity (Wildman–Crippen MR) is 143 cm³/mol. The molecular weight excluding hydrogens is 525 g/mol. The number of aryl methyl sites for hydroxylation is 1. The Morgan fingerprint density at radius 3 is 2.35 bits per heavy atom.